The SMILES string of the molecule is Cc1ccc(NCCCNC(=O)CNCC2CC2)c([N+](=O)[O-])c1.Cl. The fourth-order valence-electron chi connectivity index (χ4n) is 2.26. The number of nitro benzene ring substituents is 1. The lowest BCUT2D eigenvalue weighted by Crippen LogP contribution is -2.35. The van der Waals surface area contributed by atoms with E-state index in [9.17, 15) is 14.9 Å². The van der Waals surface area contributed by atoms with Crippen molar-refractivity contribution in [1.82, 2.24) is 10.6 Å². The van der Waals surface area contributed by atoms with Crippen LogP contribution in [0, 0.1) is 23.0 Å². The zero-order valence-electron chi connectivity index (χ0n) is 13.8. The number of aryl methyl sites for hydroxylation is 1. The molecule has 134 valence electrons. The van der Waals surface area contributed by atoms with Crippen molar-refractivity contribution in [3.05, 3.63) is 33.9 Å². The maximum Gasteiger partial charge on any atom is 0.292 e. The first-order valence-electron chi connectivity index (χ1n) is 8.02. The van der Waals surface area contributed by atoms with E-state index in [1.165, 1.54) is 12.8 Å². The van der Waals surface area contributed by atoms with Gasteiger partial charge in [0.15, 0.2) is 0 Å². The summed E-state index contributed by atoms with van der Waals surface area (Å²) in [4.78, 5) is 22.2. The molecule has 2 rings (SSSR count). The van der Waals surface area contributed by atoms with E-state index in [1.54, 1.807) is 12.1 Å². The topological polar surface area (TPSA) is 96.3 Å². The third-order valence-corrected chi connectivity index (χ3v) is 3.76. The predicted molar refractivity (Wildman–Crippen MR) is 96.8 cm³/mol. The van der Waals surface area contributed by atoms with E-state index in [-0.39, 0.29) is 28.9 Å². The molecule has 0 bridgehead atoms. The van der Waals surface area contributed by atoms with Gasteiger partial charge in [-0.2, -0.15) is 0 Å². The third-order valence-electron chi connectivity index (χ3n) is 3.76. The van der Waals surface area contributed by atoms with Gasteiger partial charge in [0.05, 0.1) is 11.5 Å². The molecule has 0 unspecified atom stereocenters. The average Bonchev–Trinajstić information content (AvgIpc) is 3.32. The number of carbonyl (C=O) groups excluding carboxylic acids is 1. The highest BCUT2D eigenvalue weighted by Crippen LogP contribution is 2.27. The van der Waals surface area contributed by atoms with Crippen LogP contribution in [0.3, 0.4) is 0 Å². The van der Waals surface area contributed by atoms with Crippen LogP contribution in [-0.4, -0.2) is 37.0 Å². The quantitative estimate of drug-likeness (QED) is 0.339. The smallest absolute Gasteiger partial charge is 0.292 e. The molecule has 7 nitrogen and oxygen atoms in total. The fraction of sp³-hybridized carbons (Fsp3) is 0.562. The molecule has 0 aromatic heterocycles. The van der Waals surface area contributed by atoms with Crippen LogP contribution in [0.5, 0.6) is 0 Å². The first-order chi connectivity index (χ1) is 11.1. The summed E-state index contributed by atoms with van der Waals surface area (Å²) >= 11 is 0. The molecule has 1 aromatic rings. The van der Waals surface area contributed by atoms with Crippen molar-refractivity contribution in [2.45, 2.75) is 26.2 Å². The summed E-state index contributed by atoms with van der Waals surface area (Å²) in [7, 11) is 0. The van der Waals surface area contributed by atoms with Crippen molar-refractivity contribution in [2.75, 3.05) is 31.5 Å². The second-order valence-electron chi connectivity index (χ2n) is 5.98. The predicted octanol–water partition coefficient (Wildman–Crippen LogP) is 2.24. The first kappa shape index (κ1) is 20.2. The van der Waals surface area contributed by atoms with Crippen molar-refractivity contribution in [3.8, 4) is 0 Å². The molecule has 1 aliphatic carbocycles. The molecule has 1 fully saturated rings. The number of nitrogens with zero attached hydrogens (tertiary/aromatic N) is 1. The number of hydrogen-bond acceptors (Lipinski definition) is 5. The van der Waals surface area contributed by atoms with Crippen LogP contribution in [-0.2, 0) is 4.79 Å². The van der Waals surface area contributed by atoms with Gasteiger partial charge in [0.25, 0.3) is 5.69 Å². The number of benzene rings is 1. The Morgan fingerprint density at radius 3 is 2.75 bits per heavy atom. The van der Waals surface area contributed by atoms with Gasteiger partial charge in [0, 0.05) is 19.2 Å². The highest BCUT2D eigenvalue weighted by Gasteiger charge is 2.20. The molecule has 0 spiro atoms. The molecule has 1 amide bonds. The number of halogens is 1. The van der Waals surface area contributed by atoms with E-state index in [4.69, 9.17) is 0 Å². The zero-order chi connectivity index (χ0) is 16.7. The van der Waals surface area contributed by atoms with Crippen molar-refractivity contribution in [1.29, 1.82) is 0 Å². The van der Waals surface area contributed by atoms with Crippen LogP contribution in [0.1, 0.15) is 24.8 Å². The van der Waals surface area contributed by atoms with Crippen molar-refractivity contribution in [3.63, 3.8) is 0 Å². The minimum Gasteiger partial charge on any atom is -0.379 e. The maximum atomic E-state index is 11.6. The molecule has 1 saturated carbocycles. The summed E-state index contributed by atoms with van der Waals surface area (Å²) < 4.78 is 0. The lowest BCUT2D eigenvalue weighted by Gasteiger charge is -2.09. The Morgan fingerprint density at radius 1 is 1.33 bits per heavy atom. The van der Waals surface area contributed by atoms with E-state index >= 15 is 0 Å². The molecule has 24 heavy (non-hydrogen) atoms. The molecule has 0 atom stereocenters. The first-order valence-corrected chi connectivity index (χ1v) is 8.02. The summed E-state index contributed by atoms with van der Waals surface area (Å²) in [5.41, 5.74) is 1.45. The van der Waals surface area contributed by atoms with Gasteiger partial charge in [-0.1, -0.05) is 6.07 Å². The van der Waals surface area contributed by atoms with Crippen molar-refractivity contribution in [2.24, 2.45) is 5.92 Å². The number of carbonyl (C=O) groups is 1. The number of nitro groups is 1. The Bertz CT molecular complexity index is 564. The molecule has 0 aliphatic heterocycles. The van der Waals surface area contributed by atoms with Gasteiger partial charge in [-0.25, -0.2) is 0 Å². The van der Waals surface area contributed by atoms with Crippen LogP contribution < -0.4 is 16.0 Å². The normalized spacial score (nSPS) is 13.0. The van der Waals surface area contributed by atoms with Crippen LogP contribution >= 0.6 is 12.4 Å². The molecule has 0 radical (unpaired) electrons. The minimum atomic E-state index is -0.386. The second-order valence-corrected chi connectivity index (χ2v) is 5.98. The van der Waals surface area contributed by atoms with Gasteiger partial charge < -0.3 is 16.0 Å². The number of rotatable bonds is 10. The standard InChI is InChI=1S/C16H24N4O3.ClH/c1-12-3-6-14(15(9-12)20(22)23)18-7-2-8-19-16(21)11-17-10-13-4-5-13;/h3,6,9,13,17-18H,2,4-5,7-8,10-11H2,1H3,(H,19,21);1H. The number of amides is 1. The minimum absolute atomic E-state index is 0. The molecule has 0 heterocycles. The molecule has 1 aromatic carbocycles. The molecular formula is C16H25ClN4O3. The molecular weight excluding hydrogens is 332 g/mol. The zero-order valence-corrected chi connectivity index (χ0v) is 14.7. The second kappa shape index (κ2) is 10.1. The lowest BCUT2D eigenvalue weighted by molar-refractivity contribution is -0.384. The van der Waals surface area contributed by atoms with Gasteiger partial charge in [0.2, 0.25) is 5.91 Å². The van der Waals surface area contributed by atoms with Gasteiger partial charge in [0.1, 0.15) is 5.69 Å². The Morgan fingerprint density at radius 2 is 2.08 bits per heavy atom. The van der Waals surface area contributed by atoms with Gasteiger partial charge in [-0.15, -0.1) is 12.4 Å². The molecule has 1 aliphatic rings. The summed E-state index contributed by atoms with van der Waals surface area (Å²) in [5, 5.41) is 20.0. The Balaban J connectivity index is 0.00000288. The van der Waals surface area contributed by atoms with E-state index < -0.39 is 0 Å². The summed E-state index contributed by atoms with van der Waals surface area (Å²) in [5.74, 6) is 0.754. The number of nitrogens with one attached hydrogen (secondary N) is 3. The van der Waals surface area contributed by atoms with Crippen molar-refractivity contribution >= 4 is 29.7 Å². The monoisotopic (exact) mass is 356 g/mol. The lowest BCUT2D eigenvalue weighted by atomic mass is 10.2. The van der Waals surface area contributed by atoms with Crippen LogP contribution in [0.15, 0.2) is 18.2 Å². The van der Waals surface area contributed by atoms with Crippen molar-refractivity contribution < 1.29 is 9.72 Å². The summed E-state index contributed by atoms with van der Waals surface area (Å²) in [6, 6.07) is 5.10. The van der Waals surface area contributed by atoms with Gasteiger partial charge in [-0.3, -0.25) is 14.9 Å². The van der Waals surface area contributed by atoms with E-state index in [2.05, 4.69) is 16.0 Å². The fourth-order valence-corrected chi connectivity index (χ4v) is 2.26. The maximum absolute atomic E-state index is 11.6. The van der Waals surface area contributed by atoms with Gasteiger partial charge in [-0.05, 0) is 50.3 Å². The highest BCUT2D eigenvalue weighted by atomic mass is 35.5. The van der Waals surface area contributed by atoms with Crippen LogP contribution in [0.2, 0.25) is 0 Å². The third kappa shape index (κ3) is 7.14. The summed E-state index contributed by atoms with van der Waals surface area (Å²) in [6.45, 7) is 4.22. The Kier molecular flexibility index (Phi) is 8.49. The van der Waals surface area contributed by atoms with E-state index in [0.717, 1.165) is 18.0 Å². The molecule has 0 saturated heterocycles. The number of hydrogen-bond donors (Lipinski definition) is 3. The van der Waals surface area contributed by atoms with Crippen LogP contribution in [0.4, 0.5) is 11.4 Å². The largest absolute Gasteiger partial charge is 0.379 e. The van der Waals surface area contributed by atoms with Gasteiger partial charge >= 0.3 is 0 Å². The Hall–Kier alpha value is -1.86. The molecule has 3 N–H and O–H groups in total. The summed E-state index contributed by atoms with van der Waals surface area (Å²) in [6.07, 6.45) is 3.25. The Labute approximate surface area is 148 Å². The van der Waals surface area contributed by atoms with E-state index in [0.29, 0.717) is 31.7 Å². The van der Waals surface area contributed by atoms with E-state index in [1.807, 2.05) is 13.0 Å². The average molecular weight is 357 g/mol. The molecule has 8 heteroatoms. The number of anilines is 1. The highest BCUT2D eigenvalue weighted by molar-refractivity contribution is 5.85. The van der Waals surface area contributed by atoms with Crippen LogP contribution in [0.25, 0.3) is 0 Å².